The minimum atomic E-state index is -0.946. The summed E-state index contributed by atoms with van der Waals surface area (Å²) in [5, 5.41) is 0. The normalized spacial score (nSPS) is 14.3. The molecule has 0 N–H and O–H groups in total. The number of methoxy groups -OCH3 is 1. The molecule has 0 aliphatic carbocycles. The molecule has 88 valence electrons. The molecule has 2 unspecified atom stereocenters. The molecule has 5 heteroatoms. The minimum Gasteiger partial charge on any atom is -0.460 e. The zero-order valence-electron chi connectivity index (χ0n) is 9.77. The highest BCUT2D eigenvalue weighted by molar-refractivity contribution is 5.77. The van der Waals surface area contributed by atoms with E-state index in [0.29, 0.717) is 0 Å². The summed E-state index contributed by atoms with van der Waals surface area (Å²) >= 11 is 0. The van der Waals surface area contributed by atoms with Gasteiger partial charge in [0.1, 0.15) is 6.10 Å². The monoisotopic (exact) mass is 218 g/mol. The second-order valence-corrected chi connectivity index (χ2v) is 3.60. The van der Waals surface area contributed by atoms with E-state index in [1.165, 1.54) is 14.0 Å². The van der Waals surface area contributed by atoms with Crippen LogP contribution >= 0.6 is 0 Å². The molecule has 0 saturated heterocycles. The van der Waals surface area contributed by atoms with Gasteiger partial charge in [-0.2, -0.15) is 0 Å². The first-order valence-electron chi connectivity index (χ1n) is 4.83. The Morgan fingerprint density at radius 3 is 1.93 bits per heavy atom. The zero-order chi connectivity index (χ0) is 12.0. The predicted octanol–water partition coefficient (Wildman–Crippen LogP) is 1.75. The molecule has 0 fully saturated rings. The molecule has 0 rings (SSSR count). The van der Waals surface area contributed by atoms with Gasteiger partial charge in [0.2, 0.25) is 0 Å². The molecule has 0 spiro atoms. The summed E-state index contributed by atoms with van der Waals surface area (Å²) in [5.41, 5.74) is 0. The standard InChI is InChI=1S/C10H18O5/c1-6(2)7(3)14-9(11)8(4)15-10(12)13-5/h6-8H,1-5H3. The second kappa shape index (κ2) is 6.27. The lowest BCUT2D eigenvalue weighted by molar-refractivity contribution is -0.160. The number of esters is 1. The van der Waals surface area contributed by atoms with Crippen LogP contribution in [-0.2, 0) is 19.0 Å². The molecular weight excluding hydrogens is 200 g/mol. The Hall–Kier alpha value is -1.26. The quantitative estimate of drug-likeness (QED) is 0.672. The molecule has 0 saturated carbocycles. The van der Waals surface area contributed by atoms with Crippen LogP contribution in [0.15, 0.2) is 0 Å². The van der Waals surface area contributed by atoms with Crippen molar-refractivity contribution in [3.63, 3.8) is 0 Å². The Balaban J connectivity index is 4.04. The van der Waals surface area contributed by atoms with Crippen LogP contribution in [0.1, 0.15) is 27.7 Å². The first kappa shape index (κ1) is 13.7. The van der Waals surface area contributed by atoms with E-state index in [4.69, 9.17) is 4.74 Å². The average molecular weight is 218 g/mol. The molecule has 0 aromatic carbocycles. The molecule has 0 radical (unpaired) electrons. The van der Waals surface area contributed by atoms with Crippen molar-refractivity contribution in [1.82, 2.24) is 0 Å². The van der Waals surface area contributed by atoms with Crippen molar-refractivity contribution < 1.29 is 23.8 Å². The average Bonchev–Trinajstić information content (AvgIpc) is 2.16. The predicted molar refractivity (Wildman–Crippen MR) is 53.3 cm³/mol. The van der Waals surface area contributed by atoms with E-state index >= 15 is 0 Å². The number of ether oxygens (including phenoxy) is 3. The van der Waals surface area contributed by atoms with Gasteiger partial charge in [0.15, 0.2) is 6.10 Å². The van der Waals surface area contributed by atoms with Crippen molar-refractivity contribution in [3.05, 3.63) is 0 Å². The molecule has 0 aromatic rings. The molecule has 0 aliphatic heterocycles. The highest BCUT2D eigenvalue weighted by atomic mass is 16.7. The number of hydrogen-bond donors (Lipinski definition) is 0. The lowest BCUT2D eigenvalue weighted by atomic mass is 10.1. The summed E-state index contributed by atoms with van der Waals surface area (Å²) in [6.45, 7) is 7.09. The van der Waals surface area contributed by atoms with Crippen molar-refractivity contribution >= 4 is 12.1 Å². The molecule has 5 nitrogen and oxygen atoms in total. The fraction of sp³-hybridized carbons (Fsp3) is 0.800. The fourth-order valence-electron chi connectivity index (χ4n) is 0.656. The third kappa shape index (κ3) is 5.24. The van der Waals surface area contributed by atoms with E-state index in [-0.39, 0.29) is 12.0 Å². The summed E-state index contributed by atoms with van der Waals surface area (Å²) in [7, 11) is 1.18. The van der Waals surface area contributed by atoms with Gasteiger partial charge < -0.3 is 14.2 Å². The van der Waals surface area contributed by atoms with Gasteiger partial charge in [-0.15, -0.1) is 0 Å². The topological polar surface area (TPSA) is 61.8 Å². The van der Waals surface area contributed by atoms with E-state index in [9.17, 15) is 9.59 Å². The van der Waals surface area contributed by atoms with Gasteiger partial charge in [0.25, 0.3) is 0 Å². The van der Waals surface area contributed by atoms with E-state index in [1.807, 2.05) is 13.8 Å². The largest absolute Gasteiger partial charge is 0.508 e. The zero-order valence-corrected chi connectivity index (χ0v) is 9.77. The first-order chi connectivity index (χ1) is 6.88. The SMILES string of the molecule is COC(=O)OC(C)C(=O)OC(C)C(C)C. The summed E-state index contributed by atoms with van der Waals surface area (Å²) in [6, 6.07) is 0. The van der Waals surface area contributed by atoms with Gasteiger partial charge in [0, 0.05) is 0 Å². The smallest absolute Gasteiger partial charge is 0.460 e. The van der Waals surface area contributed by atoms with Crippen LogP contribution in [-0.4, -0.2) is 31.4 Å². The summed E-state index contributed by atoms with van der Waals surface area (Å²) < 4.78 is 13.9. The van der Waals surface area contributed by atoms with Crippen LogP contribution in [0.25, 0.3) is 0 Å². The lowest BCUT2D eigenvalue weighted by Gasteiger charge is -2.19. The molecule has 0 heterocycles. The van der Waals surface area contributed by atoms with E-state index < -0.39 is 18.2 Å². The third-order valence-electron chi connectivity index (χ3n) is 2.01. The molecule has 0 bridgehead atoms. The van der Waals surface area contributed by atoms with Crippen LogP contribution in [0.5, 0.6) is 0 Å². The number of carbonyl (C=O) groups excluding carboxylic acids is 2. The fourth-order valence-corrected chi connectivity index (χ4v) is 0.656. The van der Waals surface area contributed by atoms with Gasteiger partial charge in [0.05, 0.1) is 7.11 Å². The van der Waals surface area contributed by atoms with Gasteiger partial charge in [-0.3, -0.25) is 0 Å². The van der Waals surface area contributed by atoms with Crippen molar-refractivity contribution in [3.8, 4) is 0 Å². The van der Waals surface area contributed by atoms with Crippen molar-refractivity contribution in [2.24, 2.45) is 5.92 Å². The Kier molecular flexibility index (Phi) is 5.74. The summed E-state index contributed by atoms with van der Waals surface area (Å²) in [6.07, 6.45) is -2.04. The highest BCUT2D eigenvalue weighted by Gasteiger charge is 2.22. The Morgan fingerprint density at radius 1 is 1.00 bits per heavy atom. The number of rotatable bonds is 4. The Bertz CT molecular complexity index is 224. The summed E-state index contributed by atoms with van der Waals surface area (Å²) in [5.74, 6) is -0.346. The lowest BCUT2D eigenvalue weighted by Crippen LogP contribution is -2.30. The van der Waals surface area contributed by atoms with Crippen LogP contribution < -0.4 is 0 Å². The van der Waals surface area contributed by atoms with E-state index in [2.05, 4.69) is 9.47 Å². The number of hydrogen-bond acceptors (Lipinski definition) is 5. The molecule has 0 amide bonds. The molecular formula is C10H18O5. The van der Waals surface area contributed by atoms with Crippen LogP contribution in [0.4, 0.5) is 4.79 Å². The molecule has 2 atom stereocenters. The van der Waals surface area contributed by atoms with Crippen molar-refractivity contribution in [1.29, 1.82) is 0 Å². The van der Waals surface area contributed by atoms with E-state index in [1.54, 1.807) is 6.92 Å². The maximum absolute atomic E-state index is 11.4. The highest BCUT2D eigenvalue weighted by Crippen LogP contribution is 2.08. The van der Waals surface area contributed by atoms with Gasteiger partial charge >= 0.3 is 12.1 Å². The molecule has 15 heavy (non-hydrogen) atoms. The molecule has 0 aliphatic rings. The van der Waals surface area contributed by atoms with Crippen molar-refractivity contribution in [2.75, 3.05) is 7.11 Å². The van der Waals surface area contributed by atoms with E-state index in [0.717, 1.165) is 0 Å². The van der Waals surface area contributed by atoms with Crippen LogP contribution in [0.3, 0.4) is 0 Å². The Morgan fingerprint density at radius 2 is 1.53 bits per heavy atom. The summed E-state index contributed by atoms with van der Waals surface area (Å²) in [4.78, 5) is 22.0. The van der Waals surface area contributed by atoms with Crippen LogP contribution in [0, 0.1) is 5.92 Å². The maximum atomic E-state index is 11.4. The second-order valence-electron chi connectivity index (χ2n) is 3.60. The third-order valence-corrected chi connectivity index (χ3v) is 2.01. The van der Waals surface area contributed by atoms with Gasteiger partial charge in [-0.1, -0.05) is 13.8 Å². The maximum Gasteiger partial charge on any atom is 0.508 e. The van der Waals surface area contributed by atoms with Gasteiger partial charge in [-0.05, 0) is 19.8 Å². The van der Waals surface area contributed by atoms with Gasteiger partial charge in [-0.25, -0.2) is 9.59 Å². The first-order valence-corrected chi connectivity index (χ1v) is 4.83. The number of carbonyl (C=O) groups is 2. The Labute approximate surface area is 89.7 Å². The minimum absolute atomic E-state index is 0.207. The van der Waals surface area contributed by atoms with Crippen molar-refractivity contribution in [2.45, 2.75) is 39.9 Å². The molecule has 0 aromatic heterocycles. The van der Waals surface area contributed by atoms with Crippen LogP contribution in [0.2, 0.25) is 0 Å².